The Bertz CT molecular complexity index is 718. The third kappa shape index (κ3) is 3.70. The maximum Gasteiger partial charge on any atom is 0.226 e. The maximum absolute atomic E-state index is 12.0. The van der Waals surface area contributed by atoms with E-state index in [1.165, 1.54) is 10.4 Å². The van der Waals surface area contributed by atoms with E-state index in [1.807, 2.05) is 31.4 Å². The number of aryl methyl sites for hydroxylation is 1. The van der Waals surface area contributed by atoms with Crippen LogP contribution >= 0.6 is 11.3 Å². The van der Waals surface area contributed by atoms with Crippen molar-refractivity contribution >= 4 is 17.2 Å². The topological polar surface area (TPSA) is 50.2 Å². The molecule has 0 saturated heterocycles. The van der Waals surface area contributed by atoms with Crippen molar-refractivity contribution in [2.45, 2.75) is 59.3 Å². The van der Waals surface area contributed by atoms with Crippen molar-refractivity contribution in [2.24, 2.45) is 0 Å². The number of carbonyl (C=O) groups excluding carboxylic acids is 1. The Kier molecular flexibility index (Phi) is 5.06. The minimum Gasteiger partial charge on any atom is -0.354 e. The van der Waals surface area contributed by atoms with Crippen molar-refractivity contribution in [1.82, 2.24) is 19.8 Å². The van der Waals surface area contributed by atoms with Crippen LogP contribution < -0.4 is 5.32 Å². The van der Waals surface area contributed by atoms with Crippen LogP contribution in [0.3, 0.4) is 0 Å². The number of hydrogen-bond acceptors (Lipinski definition) is 4. The van der Waals surface area contributed by atoms with Gasteiger partial charge >= 0.3 is 0 Å². The molecule has 3 rings (SSSR count). The van der Waals surface area contributed by atoms with Crippen molar-refractivity contribution in [3.63, 3.8) is 0 Å². The molecule has 3 heterocycles. The molecule has 0 radical (unpaired) electrons. The van der Waals surface area contributed by atoms with Gasteiger partial charge in [-0.25, -0.2) is 4.98 Å². The molecular weight excluding hydrogens is 320 g/mol. The van der Waals surface area contributed by atoms with Crippen LogP contribution in [-0.4, -0.2) is 32.9 Å². The second-order valence-corrected chi connectivity index (χ2v) is 7.86. The molecule has 2 aromatic rings. The number of thiophene rings is 1. The molecule has 1 N–H and O–H groups in total. The van der Waals surface area contributed by atoms with Crippen LogP contribution in [0, 0.1) is 6.92 Å². The van der Waals surface area contributed by atoms with E-state index in [2.05, 4.69) is 40.1 Å². The third-order valence-corrected chi connectivity index (χ3v) is 5.52. The van der Waals surface area contributed by atoms with Gasteiger partial charge in [0.1, 0.15) is 5.82 Å². The monoisotopic (exact) mass is 346 g/mol. The molecule has 0 aliphatic carbocycles. The lowest BCUT2D eigenvalue weighted by atomic mass is 10.2. The van der Waals surface area contributed by atoms with Crippen LogP contribution in [0.4, 0.5) is 0 Å². The number of nitrogens with one attached hydrogen (secondary N) is 1. The smallest absolute Gasteiger partial charge is 0.226 e. The maximum atomic E-state index is 12.0. The van der Waals surface area contributed by atoms with Gasteiger partial charge < -0.3 is 9.88 Å². The summed E-state index contributed by atoms with van der Waals surface area (Å²) < 4.78 is 2.21. The summed E-state index contributed by atoms with van der Waals surface area (Å²) in [6.45, 7) is 11.3. The lowest BCUT2D eigenvalue weighted by Crippen LogP contribution is -2.36. The molecule has 0 aromatic carbocycles. The fourth-order valence-corrected chi connectivity index (χ4v) is 4.11. The molecule has 0 unspecified atom stereocenters. The lowest BCUT2D eigenvalue weighted by molar-refractivity contribution is -0.120. The average molecular weight is 347 g/mol. The van der Waals surface area contributed by atoms with Crippen LogP contribution in [0.25, 0.3) is 0 Å². The largest absolute Gasteiger partial charge is 0.354 e. The first kappa shape index (κ1) is 17.2. The van der Waals surface area contributed by atoms with E-state index < -0.39 is 0 Å². The molecule has 130 valence electrons. The van der Waals surface area contributed by atoms with E-state index in [0.717, 1.165) is 31.2 Å². The Morgan fingerprint density at radius 1 is 1.46 bits per heavy atom. The molecule has 1 amide bonds. The van der Waals surface area contributed by atoms with Crippen molar-refractivity contribution in [3.05, 3.63) is 39.6 Å². The minimum atomic E-state index is 0.0409. The zero-order valence-corrected chi connectivity index (χ0v) is 15.7. The van der Waals surface area contributed by atoms with Gasteiger partial charge in [-0.1, -0.05) is 0 Å². The van der Waals surface area contributed by atoms with E-state index in [-0.39, 0.29) is 18.0 Å². The Labute approximate surface area is 147 Å². The zero-order valence-electron chi connectivity index (χ0n) is 14.9. The summed E-state index contributed by atoms with van der Waals surface area (Å²) in [4.78, 5) is 20.6. The average Bonchev–Trinajstić information content (AvgIpc) is 3.08. The molecule has 2 aromatic heterocycles. The molecule has 1 atom stereocenters. The van der Waals surface area contributed by atoms with Gasteiger partial charge in [-0.2, -0.15) is 0 Å². The van der Waals surface area contributed by atoms with Gasteiger partial charge in [0, 0.05) is 36.8 Å². The molecule has 1 aliphatic rings. The highest BCUT2D eigenvalue weighted by Gasteiger charge is 2.27. The summed E-state index contributed by atoms with van der Waals surface area (Å²) in [7, 11) is 0. The van der Waals surface area contributed by atoms with E-state index in [4.69, 9.17) is 4.98 Å². The fraction of sp³-hybridized carbons (Fsp3) is 0.556. The Morgan fingerprint density at radius 3 is 2.92 bits per heavy atom. The van der Waals surface area contributed by atoms with E-state index in [9.17, 15) is 4.79 Å². The van der Waals surface area contributed by atoms with Gasteiger partial charge in [0.05, 0.1) is 18.2 Å². The summed E-state index contributed by atoms with van der Waals surface area (Å²) in [5.41, 5.74) is 2.23. The SMILES string of the molecule is Cc1ccsc1CN1CCn2cc(CC(=O)NC(C)C)nc2[C@H]1C. The van der Waals surface area contributed by atoms with Crippen LogP contribution in [0.2, 0.25) is 0 Å². The molecule has 0 spiro atoms. The molecule has 0 fully saturated rings. The summed E-state index contributed by atoms with van der Waals surface area (Å²) >= 11 is 1.82. The number of fused-ring (bicyclic) bond motifs is 1. The van der Waals surface area contributed by atoms with Crippen molar-refractivity contribution in [2.75, 3.05) is 6.54 Å². The quantitative estimate of drug-likeness (QED) is 0.906. The fourth-order valence-electron chi connectivity index (χ4n) is 3.18. The van der Waals surface area contributed by atoms with Gasteiger partial charge in [0.2, 0.25) is 5.91 Å². The molecule has 0 saturated carbocycles. The van der Waals surface area contributed by atoms with Crippen molar-refractivity contribution < 1.29 is 4.79 Å². The van der Waals surface area contributed by atoms with Gasteiger partial charge in [-0.15, -0.1) is 11.3 Å². The van der Waals surface area contributed by atoms with Crippen LogP contribution in [0.15, 0.2) is 17.6 Å². The predicted molar refractivity (Wildman–Crippen MR) is 97.1 cm³/mol. The molecule has 5 nitrogen and oxygen atoms in total. The Balaban J connectivity index is 1.70. The second-order valence-electron chi connectivity index (χ2n) is 6.86. The number of amides is 1. The number of imidazole rings is 1. The number of hydrogen-bond donors (Lipinski definition) is 1. The Hall–Kier alpha value is -1.66. The third-order valence-electron chi connectivity index (χ3n) is 4.51. The molecular formula is C18H26N4OS. The highest BCUT2D eigenvalue weighted by Crippen LogP contribution is 2.28. The zero-order chi connectivity index (χ0) is 17.3. The van der Waals surface area contributed by atoms with Gasteiger partial charge in [0.15, 0.2) is 0 Å². The van der Waals surface area contributed by atoms with E-state index >= 15 is 0 Å². The minimum absolute atomic E-state index is 0.0409. The van der Waals surface area contributed by atoms with Gasteiger partial charge in [0.25, 0.3) is 0 Å². The summed E-state index contributed by atoms with van der Waals surface area (Å²) in [5, 5.41) is 5.09. The highest BCUT2D eigenvalue weighted by molar-refractivity contribution is 7.10. The summed E-state index contributed by atoms with van der Waals surface area (Å²) in [6, 6.07) is 2.61. The van der Waals surface area contributed by atoms with Crippen molar-refractivity contribution in [1.29, 1.82) is 0 Å². The number of aromatic nitrogens is 2. The summed E-state index contributed by atoms with van der Waals surface area (Å²) in [6.07, 6.45) is 2.40. The lowest BCUT2D eigenvalue weighted by Gasteiger charge is -2.33. The first-order valence-corrected chi connectivity index (χ1v) is 9.44. The van der Waals surface area contributed by atoms with Gasteiger partial charge in [-0.05, 0) is 44.7 Å². The van der Waals surface area contributed by atoms with Crippen LogP contribution in [0.1, 0.15) is 48.8 Å². The summed E-state index contributed by atoms with van der Waals surface area (Å²) in [5.74, 6) is 1.11. The molecule has 24 heavy (non-hydrogen) atoms. The number of nitrogens with zero attached hydrogens (tertiary/aromatic N) is 3. The van der Waals surface area contributed by atoms with Crippen LogP contribution in [0.5, 0.6) is 0 Å². The number of carbonyl (C=O) groups is 1. The predicted octanol–water partition coefficient (Wildman–Crippen LogP) is 2.90. The molecule has 0 bridgehead atoms. The first-order chi connectivity index (χ1) is 11.4. The van der Waals surface area contributed by atoms with E-state index in [1.54, 1.807) is 0 Å². The van der Waals surface area contributed by atoms with Crippen molar-refractivity contribution in [3.8, 4) is 0 Å². The van der Waals surface area contributed by atoms with E-state index in [0.29, 0.717) is 6.42 Å². The molecule has 6 heteroatoms. The highest BCUT2D eigenvalue weighted by atomic mass is 32.1. The van der Waals surface area contributed by atoms with Crippen LogP contribution in [-0.2, 0) is 24.3 Å². The first-order valence-electron chi connectivity index (χ1n) is 8.56. The second kappa shape index (κ2) is 7.07. The van der Waals surface area contributed by atoms with Gasteiger partial charge in [-0.3, -0.25) is 9.69 Å². The Morgan fingerprint density at radius 2 is 2.25 bits per heavy atom. The number of rotatable bonds is 5. The normalized spacial score (nSPS) is 18.0. The standard InChI is InChI=1S/C18H26N4OS/c1-12(2)19-17(23)9-15-10-22-7-6-21(14(4)18(22)20-15)11-16-13(3)5-8-24-16/h5,8,10,12,14H,6-7,9,11H2,1-4H3,(H,19,23)/t14-/m1/s1. The molecule has 1 aliphatic heterocycles.